The second-order valence-corrected chi connectivity index (χ2v) is 6.17. The summed E-state index contributed by atoms with van der Waals surface area (Å²) in [6.45, 7) is 3.46. The number of aromatic nitrogens is 2. The van der Waals surface area contributed by atoms with Crippen molar-refractivity contribution in [2.45, 2.75) is 25.8 Å². The highest BCUT2D eigenvalue weighted by atomic mass is 32.1. The number of amides is 1. The van der Waals surface area contributed by atoms with Crippen LogP contribution in [-0.2, 0) is 4.79 Å². The number of hydrogen-bond donors (Lipinski definition) is 1. The molecule has 3 rings (SSSR count). The Labute approximate surface area is 128 Å². The van der Waals surface area contributed by atoms with Crippen LogP contribution in [0, 0.1) is 6.92 Å². The average Bonchev–Trinajstić information content (AvgIpc) is 3.10. The van der Waals surface area contributed by atoms with Gasteiger partial charge in [0.2, 0.25) is 11.0 Å². The highest BCUT2D eigenvalue weighted by molar-refractivity contribution is 7.13. The van der Waals surface area contributed by atoms with Crippen LogP contribution in [0.3, 0.4) is 0 Å². The number of nitrogens with zero attached hydrogens (tertiary/aromatic N) is 3. The van der Waals surface area contributed by atoms with Gasteiger partial charge in [-0.2, -0.15) is 0 Å². The van der Waals surface area contributed by atoms with Crippen LogP contribution in [0.2, 0.25) is 0 Å². The van der Waals surface area contributed by atoms with Crippen LogP contribution in [0.4, 0.5) is 5.13 Å². The van der Waals surface area contributed by atoms with Crippen molar-refractivity contribution in [2.75, 3.05) is 18.4 Å². The lowest BCUT2D eigenvalue weighted by Gasteiger charge is -2.24. The molecule has 5 nitrogen and oxygen atoms in total. The molecule has 21 heavy (non-hydrogen) atoms. The molecule has 110 valence electrons. The molecule has 6 heteroatoms. The lowest BCUT2D eigenvalue weighted by atomic mass is 10.0. The zero-order chi connectivity index (χ0) is 14.7. The highest BCUT2D eigenvalue weighted by Gasteiger charge is 2.27. The second kappa shape index (κ2) is 6.32. The van der Waals surface area contributed by atoms with Crippen molar-refractivity contribution in [3.05, 3.63) is 40.9 Å². The van der Waals surface area contributed by atoms with E-state index in [0.717, 1.165) is 19.4 Å². The summed E-state index contributed by atoms with van der Waals surface area (Å²) in [4.78, 5) is 14.3. The Balaban J connectivity index is 1.65. The van der Waals surface area contributed by atoms with Crippen molar-refractivity contribution in [3.8, 4) is 0 Å². The van der Waals surface area contributed by atoms with Crippen LogP contribution in [0.15, 0.2) is 29.8 Å². The number of carbonyl (C=O) groups excluding carboxylic acids is 1. The van der Waals surface area contributed by atoms with Crippen LogP contribution < -0.4 is 5.32 Å². The quantitative estimate of drug-likeness (QED) is 0.943. The number of benzene rings is 1. The molecule has 1 saturated heterocycles. The third-order valence-electron chi connectivity index (χ3n) is 3.74. The molecule has 2 heterocycles. The van der Waals surface area contributed by atoms with Crippen LogP contribution in [-0.4, -0.2) is 34.1 Å². The predicted octanol–water partition coefficient (Wildman–Crippen LogP) is 2.62. The van der Waals surface area contributed by atoms with E-state index in [-0.39, 0.29) is 5.91 Å². The Morgan fingerprint density at radius 2 is 2.43 bits per heavy atom. The largest absolute Gasteiger partial charge is 0.299 e. The fraction of sp³-hybridized carbons (Fsp3) is 0.400. The molecule has 1 amide bonds. The fourth-order valence-corrected chi connectivity index (χ4v) is 3.30. The van der Waals surface area contributed by atoms with E-state index in [2.05, 4.69) is 51.6 Å². The SMILES string of the molecule is Cc1cccc([C@H]2CCCN2CC(=O)Nc2nncs2)c1. The standard InChI is InChI=1S/C15H18N4OS/c1-11-4-2-5-12(8-11)13-6-3-7-19(13)9-14(20)17-15-18-16-10-21-15/h2,4-5,8,10,13H,3,6-7,9H2,1H3,(H,17,18,20)/t13-/m1/s1. The summed E-state index contributed by atoms with van der Waals surface area (Å²) < 4.78 is 0. The van der Waals surface area contributed by atoms with E-state index in [4.69, 9.17) is 0 Å². The van der Waals surface area contributed by atoms with Gasteiger partial charge in [-0.15, -0.1) is 10.2 Å². The first-order chi connectivity index (χ1) is 10.2. The highest BCUT2D eigenvalue weighted by Crippen LogP contribution is 2.31. The molecule has 1 aliphatic rings. The molecule has 1 aliphatic heterocycles. The second-order valence-electron chi connectivity index (χ2n) is 5.33. The normalized spacial score (nSPS) is 18.8. The molecule has 1 atom stereocenters. The summed E-state index contributed by atoms with van der Waals surface area (Å²) in [6.07, 6.45) is 2.24. The molecule has 1 aromatic heterocycles. The minimum atomic E-state index is -0.0219. The first kappa shape index (κ1) is 14.2. The lowest BCUT2D eigenvalue weighted by Crippen LogP contribution is -2.32. The molecule has 1 fully saturated rings. The number of carbonyl (C=O) groups is 1. The van der Waals surface area contributed by atoms with Gasteiger partial charge in [-0.3, -0.25) is 15.0 Å². The van der Waals surface area contributed by atoms with Gasteiger partial charge in [0.1, 0.15) is 5.51 Å². The predicted molar refractivity (Wildman–Crippen MR) is 83.3 cm³/mol. The summed E-state index contributed by atoms with van der Waals surface area (Å²) in [6, 6.07) is 8.89. The summed E-state index contributed by atoms with van der Waals surface area (Å²) in [5.74, 6) is -0.0219. The zero-order valence-corrected chi connectivity index (χ0v) is 12.8. The molecule has 0 spiro atoms. The van der Waals surface area contributed by atoms with E-state index >= 15 is 0 Å². The lowest BCUT2D eigenvalue weighted by molar-refractivity contribution is -0.117. The molecular weight excluding hydrogens is 284 g/mol. The minimum Gasteiger partial charge on any atom is -0.299 e. The molecular formula is C15H18N4OS. The third-order valence-corrected chi connectivity index (χ3v) is 4.35. The van der Waals surface area contributed by atoms with Gasteiger partial charge in [-0.1, -0.05) is 41.2 Å². The number of likely N-dealkylation sites (tertiary alicyclic amines) is 1. The maximum Gasteiger partial charge on any atom is 0.240 e. The molecule has 0 radical (unpaired) electrons. The van der Waals surface area contributed by atoms with Crippen LogP contribution in [0.25, 0.3) is 0 Å². The van der Waals surface area contributed by atoms with Gasteiger partial charge in [0.25, 0.3) is 0 Å². The summed E-state index contributed by atoms with van der Waals surface area (Å²) >= 11 is 1.34. The number of nitrogens with one attached hydrogen (secondary N) is 1. The fourth-order valence-electron chi connectivity index (χ4n) is 2.84. The van der Waals surface area contributed by atoms with Gasteiger partial charge in [-0.25, -0.2) is 0 Å². The van der Waals surface area contributed by atoms with Crippen LogP contribution in [0.5, 0.6) is 0 Å². The molecule has 1 aromatic carbocycles. The number of hydrogen-bond acceptors (Lipinski definition) is 5. The maximum absolute atomic E-state index is 12.1. The zero-order valence-electron chi connectivity index (χ0n) is 12.0. The monoisotopic (exact) mass is 302 g/mol. The Kier molecular flexibility index (Phi) is 4.26. The van der Waals surface area contributed by atoms with Gasteiger partial charge < -0.3 is 0 Å². The average molecular weight is 302 g/mol. The van der Waals surface area contributed by atoms with Crippen molar-refractivity contribution < 1.29 is 4.79 Å². The van der Waals surface area contributed by atoms with Gasteiger partial charge in [0.05, 0.1) is 6.54 Å². The molecule has 0 bridgehead atoms. The number of anilines is 1. The Morgan fingerprint density at radius 3 is 3.19 bits per heavy atom. The van der Waals surface area contributed by atoms with Crippen molar-refractivity contribution in [1.82, 2.24) is 15.1 Å². The number of rotatable bonds is 4. The molecule has 1 N–H and O–H groups in total. The smallest absolute Gasteiger partial charge is 0.240 e. The van der Waals surface area contributed by atoms with E-state index in [1.54, 1.807) is 5.51 Å². The topological polar surface area (TPSA) is 58.1 Å². The van der Waals surface area contributed by atoms with Crippen molar-refractivity contribution >= 4 is 22.4 Å². The minimum absolute atomic E-state index is 0.0219. The van der Waals surface area contributed by atoms with Crippen molar-refractivity contribution in [1.29, 1.82) is 0 Å². The molecule has 0 aliphatic carbocycles. The van der Waals surface area contributed by atoms with E-state index in [1.807, 2.05) is 0 Å². The summed E-state index contributed by atoms with van der Waals surface area (Å²) in [5, 5.41) is 10.9. The molecule has 0 unspecified atom stereocenters. The van der Waals surface area contributed by atoms with Gasteiger partial charge in [-0.05, 0) is 31.9 Å². The van der Waals surface area contributed by atoms with E-state index < -0.39 is 0 Å². The first-order valence-electron chi connectivity index (χ1n) is 7.09. The van der Waals surface area contributed by atoms with E-state index in [1.165, 1.54) is 22.5 Å². The first-order valence-corrected chi connectivity index (χ1v) is 7.97. The Bertz CT molecular complexity index is 614. The summed E-state index contributed by atoms with van der Waals surface area (Å²) in [7, 11) is 0. The van der Waals surface area contributed by atoms with Crippen molar-refractivity contribution in [3.63, 3.8) is 0 Å². The molecule has 2 aromatic rings. The Hall–Kier alpha value is -1.79. The van der Waals surface area contributed by atoms with Crippen LogP contribution in [0.1, 0.15) is 30.0 Å². The van der Waals surface area contributed by atoms with Crippen molar-refractivity contribution in [2.24, 2.45) is 0 Å². The summed E-state index contributed by atoms with van der Waals surface area (Å²) in [5.41, 5.74) is 4.18. The van der Waals surface area contributed by atoms with Gasteiger partial charge >= 0.3 is 0 Å². The molecule has 0 saturated carbocycles. The third kappa shape index (κ3) is 3.46. The maximum atomic E-state index is 12.1. The van der Waals surface area contributed by atoms with Gasteiger partial charge in [0, 0.05) is 6.04 Å². The number of aryl methyl sites for hydroxylation is 1. The Morgan fingerprint density at radius 1 is 1.52 bits per heavy atom. The van der Waals surface area contributed by atoms with Crippen LogP contribution >= 0.6 is 11.3 Å². The van der Waals surface area contributed by atoms with E-state index in [9.17, 15) is 4.79 Å². The van der Waals surface area contributed by atoms with E-state index in [0.29, 0.717) is 17.7 Å². The van der Waals surface area contributed by atoms with Gasteiger partial charge in [0.15, 0.2) is 0 Å².